The molecule has 0 radical (unpaired) electrons. The molecule has 0 aromatic heterocycles. The third-order valence-electron chi connectivity index (χ3n) is 15.4. The number of carbonyl (C=O) groups is 2. The Kier molecular flexibility index (Phi) is 62.0. The van der Waals surface area contributed by atoms with E-state index in [1.165, 1.54) is 270 Å². The second-order valence-corrected chi connectivity index (χ2v) is 22.8. The number of ether oxygens (including phenoxy) is 1. The molecule has 6 heteroatoms. The summed E-state index contributed by atoms with van der Waals surface area (Å²) in [4.78, 5) is 24.6. The number of aliphatic hydroxyl groups is 2. The Morgan fingerprint density at radius 1 is 0.378 bits per heavy atom. The molecular weight excluding hydrogens is 911 g/mol. The highest BCUT2D eigenvalue weighted by Crippen LogP contribution is 2.18. The SMILES string of the molecule is CCCCC/C=C\C/C=C\CCCCCCCCCCCC(=O)OCCCCCCCCCCCCCCCCCC(=O)NC(CO)C(O)/C=C/CCCCCCCCCCCCCCCCCCCCCCC. The van der Waals surface area contributed by atoms with Crippen molar-refractivity contribution in [2.24, 2.45) is 0 Å². The van der Waals surface area contributed by atoms with Crippen LogP contribution in [0.1, 0.15) is 361 Å². The third kappa shape index (κ3) is 59.3. The quantitative estimate of drug-likeness (QED) is 0.0320. The zero-order chi connectivity index (χ0) is 53.6. The molecular formula is C68H129NO5. The van der Waals surface area contributed by atoms with Gasteiger partial charge in [-0.05, 0) is 64.2 Å². The molecule has 0 aliphatic carbocycles. The van der Waals surface area contributed by atoms with Crippen molar-refractivity contribution in [3.63, 3.8) is 0 Å². The summed E-state index contributed by atoms with van der Waals surface area (Å²) in [7, 11) is 0. The van der Waals surface area contributed by atoms with E-state index in [-0.39, 0.29) is 18.5 Å². The Balaban J connectivity index is 3.45. The second kappa shape index (κ2) is 63.6. The van der Waals surface area contributed by atoms with Gasteiger partial charge in [0.25, 0.3) is 0 Å². The average molecular weight is 1040 g/mol. The lowest BCUT2D eigenvalue weighted by molar-refractivity contribution is -0.143. The van der Waals surface area contributed by atoms with Crippen LogP contribution < -0.4 is 5.32 Å². The van der Waals surface area contributed by atoms with Crippen molar-refractivity contribution in [1.29, 1.82) is 0 Å². The number of amides is 1. The molecule has 0 saturated heterocycles. The Morgan fingerprint density at radius 2 is 0.676 bits per heavy atom. The second-order valence-electron chi connectivity index (χ2n) is 22.8. The summed E-state index contributed by atoms with van der Waals surface area (Å²) in [6.07, 6.45) is 80.5. The van der Waals surface area contributed by atoms with Crippen molar-refractivity contribution in [3.8, 4) is 0 Å². The van der Waals surface area contributed by atoms with Crippen LogP contribution in [0.5, 0.6) is 0 Å². The van der Waals surface area contributed by atoms with Crippen molar-refractivity contribution < 1.29 is 24.5 Å². The molecule has 0 aromatic rings. The molecule has 0 aliphatic rings. The van der Waals surface area contributed by atoms with E-state index in [0.717, 1.165) is 64.2 Å². The van der Waals surface area contributed by atoms with Gasteiger partial charge in [-0.25, -0.2) is 0 Å². The lowest BCUT2D eigenvalue weighted by Crippen LogP contribution is -2.45. The fourth-order valence-electron chi connectivity index (χ4n) is 10.3. The molecule has 0 rings (SSSR count). The summed E-state index contributed by atoms with van der Waals surface area (Å²) in [5, 5.41) is 23.2. The molecule has 3 N–H and O–H groups in total. The Labute approximate surface area is 462 Å². The summed E-state index contributed by atoms with van der Waals surface area (Å²) >= 11 is 0. The highest BCUT2D eigenvalue weighted by Gasteiger charge is 2.18. The largest absolute Gasteiger partial charge is 0.466 e. The number of carbonyl (C=O) groups excluding carboxylic acids is 2. The summed E-state index contributed by atoms with van der Waals surface area (Å²) < 4.78 is 5.49. The van der Waals surface area contributed by atoms with E-state index >= 15 is 0 Å². The number of hydrogen-bond donors (Lipinski definition) is 3. The van der Waals surface area contributed by atoms with Gasteiger partial charge in [-0.15, -0.1) is 0 Å². The highest BCUT2D eigenvalue weighted by atomic mass is 16.5. The summed E-state index contributed by atoms with van der Waals surface area (Å²) in [5.74, 6) is -0.0767. The van der Waals surface area contributed by atoms with Crippen molar-refractivity contribution in [2.75, 3.05) is 13.2 Å². The molecule has 0 saturated carbocycles. The highest BCUT2D eigenvalue weighted by molar-refractivity contribution is 5.76. The lowest BCUT2D eigenvalue weighted by Gasteiger charge is -2.20. The molecule has 436 valence electrons. The van der Waals surface area contributed by atoms with Crippen molar-refractivity contribution in [3.05, 3.63) is 36.5 Å². The zero-order valence-corrected chi connectivity index (χ0v) is 49.8. The first-order valence-corrected chi connectivity index (χ1v) is 33.3. The minimum absolute atomic E-state index is 0.00349. The van der Waals surface area contributed by atoms with Crippen LogP contribution in [0.4, 0.5) is 0 Å². The minimum atomic E-state index is -0.852. The maximum Gasteiger partial charge on any atom is 0.305 e. The predicted molar refractivity (Wildman–Crippen MR) is 324 cm³/mol. The molecule has 0 heterocycles. The maximum atomic E-state index is 12.5. The van der Waals surface area contributed by atoms with E-state index in [4.69, 9.17) is 4.74 Å². The predicted octanol–water partition coefficient (Wildman–Crippen LogP) is 21.1. The van der Waals surface area contributed by atoms with Crippen molar-refractivity contribution in [2.45, 2.75) is 373 Å². The number of rotatable bonds is 62. The van der Waals surface area contributed by atoms with Crippen LogP contribution in [0.3, 0.4) is 0 Å². The average Bonchev–Trinajstić information content (AvgIpc) is 3.40. The topological polar surface area (TPSA) is 95.9 Å². The van der Waals surface area contributed by atoms with E-state index in [9.17, 15) is 19.8 Å². The van der Waals surface area contributed by atoms with Crippen LogP contribution >= 0.6 is 0 Å². The molecule has 6 nitrogen and oxygen atoms in total. The lowest BCUT2D eigenvalue weighted by atomic mass is 10.0. The van der Waals surface area contributed by atoms with Gasteiger partial charge in [-0.1, -0.05) is 320 Å². The first-order valence-electron chi connectivity index (χ1n) is 33.3. The van der Waals surface area contributed by atoms with E-state index in [0.29, 0.717) is 19.4 Å². The van der Waals surface area contributed by atoms with Crippen LogP contribution in [0.2, 0.25) is 0 Å². The van der Waals surface area contributed by atoms with Gasteiger partial charge in [0.05, 0.1) is 25.4 Å². The normalized spacial score (nSPS) is 12.8. The van der Waals surface area contributed by atoms with Crippen LogP contribution in [-0.2, 0) is 14.3 Å². The van der Waals surface area contributed by atoms with E-state index in [2.05, 4.69) is 43.5 Å². The number of aliphatic hydroxyl groups excluding tert-OH is 2. The van der Waals surface area contributed by atoms with E-state index in [1.807, 2.05) is 6.08 Å². The molecule has 74 heavy (non-hydrogen) atoms. The van der Waals surface area contributed by atoms with Gasteiger partial charge < -0.3 is 20.3 Å². The van der Waals surface area contributed by atoms with Crippen LogP contribution in [0.25, 0.3) is 0 Å². The summed E-state index contributed by atoms with van der Waals surface area (Å²) in [5.41, 5.74) is 0. The van der Waals surface area contributed by atoms with Crippen LogP contribution in [-0.4, -0.2) is 47.4 Å². The van der Waals surface area contributed by atoms with E-state index < -0.39 is 12.1 Å². The molecule has 1 amide bonds. The van der Waals surface area contributed by atoms with Gasteiger partial charge in [0, 0.05) is 12.8 Å². The van der Waals surface area contributed by atoms with Gasteiger partial charge in [-0.3, -0.25) is 9.59 Å². The summed E-state index contributed by atoms with van der Waals surface area (Å²) in [6.45, 7) is 4.89. The van der Waals surface area contributed by atoms with Gasteiger partial charge in [0.15, 0.2) is 0 Å². The standard InChI is InChI=1S/C68H129NO5/c1-3-5-7-9-11-13-15-17-19-21-23-24-25-26-28-29-32-36-40-44-48-52-56-60-66(71)65(64-70)69-67(72)61-57-53-49-45-41-37-33-31-35-39-43-47-51-55-59-63-74-68(73)62-58-54-50-46-42-38-34-30-27-22-20-18-16-14-12-10-8-6-4-2/h12,14,18,20,56,60,65-66,70-71H,3-11,13,15-17,19,21-55,57-59,61-64H2,1-2H3,(H,69,72)/b14-12-,20-18-,60-56+. The number of allylic oxidation sites excluding steroid dienone is 5. The Morgan fingerprint density at radius 3 is 1.05 bits per heavy atom. The fourth-order valence-corrected chi connectivity index (χ4v) is 10.3. The monoisotopic (exact) mass is 1040 g/mol. The van der Waals surface area contributed by atoms with Crippen LogP contribution in [0.15, 0.2) is 36.5 Å². The number of esters is 1. The fraction of sp³-hybridized carbons (Fsp3) is 0.882. The van der Waals surface area contributed by atoms with Crippen molar-refractivity contribution in [1.82, 2.24) is 5.32 Å². The Hall–Kier alpha value is -1.92. The van der Waals surface area contributed by atoms with Gasteiger partial charge in [0.2, 0.25) is 5.91 Å². The minimum Gasteiger partial charge on any atom is -0.466 e. The molecule has 0 bridgehead atoms. The van der Waals surface area contributed by atoms with Gasteiger partial charge in [0.1, 0.15) is 0 Å². The molecule has 2 atom stereocenters. The first-order chi connectivity index (χ1) is 36.5. The number of nitrogens with one attached hydrogen (secondary N) is 1. The molecule has 0 fully saturated rings. The number of unbranched alkanes of at least 4 members (excludes halogenated alkanes) is 47. The summed E-state index contributed by atoms with van der Waals surface area (Å²) in [6, 6.07) is -0.636. The third-order valence-corrected chi connectivity index (χ3v) is 15.4. The van der Waals surface area contributed by atoms with Gasteiger partial charge in [-0.2, -0.15) is 0 Å². The first kappa shape index (κ1) is 72.1. The van der Waals surface area contributed by atoms with Gasteiger partial charge >= 0.3 is 5.97 Å². The zero-order valence-electron chi connectivity index (χ0n) is 49.8. The molecule has 2 unspecified atom stereocenters. The molecule has 0 aromatic carbocycles. The van der Waals surface area contributed by atoms with E-state index in [1.54, 1.807) is 6.08 Å². The maximum absolute atomic E-state index is 12.5. The molecule has 0 spiro atoms. The Bertz CT molecular complexity index is 1200. The van der Waals surface area contributed by atoms with Crippen LogP contribution in [0, 0.1) is 0 Å². The smallest absolute Gasteiger partial charge is 0.305 e. The molecule has 0 aliphatic heterocycles. The number of hydrogen-bond acceptors (Lipinski definition) is 5. The van der Waals surface area contributed by atoms with Crippen molar-refractivity contribution >= 4 is 11.9 Å².